The zero-order valence-electron chi connectivity index (χ0n) is 11.6. The fraction of sp³-hybridized carbons (Fsp3) is 0.278. The van der Waals surface area contributed by atoms with E-state index in [-0.39, 0.29) is 5.41 Å². The van der Waals surface area contributed by atoms with Gasteiger partial charge in [-0.2, -0.15) is 5.26 Å². The van der Waals surface area contributed by atoms with Crippen molar-refractivity contribution in [2.45, 2.75) is 25.7 Å². The van der Waals surface area contributed by atoms with Gasteiger partial charge in [-0.15, -0.1) is 0 Å². The van der Waals surface area contributed by atoms with Gasteiger partial charge in [-0.1, -0.05) is 47.5 Å². The molecule has 2 aromatic carbocycles. The van der Waals surface area contributed by atoms with Crippen LogP contribution in [0.5, 0.6) is 0 Å². The first-order chi connectivity index (χ1) is 10.1. The molecule has 1 atom stereocenters. The molecule has 106 valence electrons. The summed E-state index contributed by atoms with van der Waals surface area (Å²) >= 11 is 12.3. The number of halogens is 2. The van der Waals surface area contributed by atoms with Crippen LogP contribution in [0.25, 0.3) is 0 Å². The molecule has 3 rings (SSSR count). The van der Waals surface area contributed by atoms with Gasteiger partial charge in [-0.25, -0.2) is 0 Å². The van der Waals surface area contributed by atoms with Crippen molar-refractivity contribution < 1.29 is 0 Å². The SMILES string of the molecule is N#CC1(Cc2cc(Cl)ccc2Cl)CCc2ccccc2C1. The minimum absolute atomic E-state index is 0.386. The number of nitriles is 1. The number of benzene rings is 2. The predicted molar refractivity (Wildman–Crippen MR) is 86.7 cm³/mol. The average molecular weight is 316 g/mol. The molecule has 1 aliphatic rings. The quantitative estimate of drug-likeness (QED) is 0.744. The summed E-state index contributed by atoms with van der Waals surface area (Å²) in [5.41, 5.74) is 3.22. The zero-order chi connectivity index (χ0) is 14.9. The van der Waals surface area contributed by atoms with Crippen molar-refractivity contribution in [3.8, 4) is 6.07 Å². The van der Waals surface area contributed by atoms with Gasteiger partial charge in [0.15, 0.2) is 0 Å². The number of fused-ring (bicyclic) bond motifs is 1. The third kappa shape index (κ3) is 2.93. The van der Waals surface area contributed by atoms with Crippen molar-refractivity contribution in [1.82, 2.24) is 0 Å². The van der Waals surface area contributed by atoms with Crippen LogP contribution < -0.4 is 0 Å². The first-order valence-corrected chi connectivity index (χ1v) is 7.79. The molecular weight excluding hydrogens is 301 g/mol. The van der Waals surface area contributed by atoms with Crippen LogP contribution in [0.4, 0.5) is 0 Å². The van der Waals surface area contributed by atoms with Crippen LogP contribution >= 0.6 is 23.2 Å². The average Bonchev–Trinajstić information content (AvgIpc) is 2.51. The number of hydrogen-bond acceptors (Lipinski definition) is 1. The maximum atomic E-state index is 9.76. The van der Waals surface area contributed by atoms with E-state index in [0.29, 0.717) is 16.5 Å². The lowest BCUT2D eigenvalue weighted by Crippen LogP contribution is -2.29. The summed E-state index contributed by atoms with van der Waals surface area (Å²) in [7, 11) is 0. The smallest absolute Gasteiger partial charge is 0.0696 e. The van der Waals surface area contributed by atoms with E-state index >= 15 is 0 Å². The van der Waals surface area contributed by atoms with Crippen LogP contribution in [0.1, 0.15) is 23.1 Å². The molecule has 1 aliphatic carbocycles. The first-order valence-electron chi connectivity index (χ1n) is 7.04. The Bertz CT molecular complexity index is 717. The molecule has 1 nitrogen and oxygen atoms in total. The Balaban J connectivity index is 1.93. The third-order valence-corrected chi connectivity index (χ3v) is 4.90. The molecule has 0 bridgehead atoms. The normalized spacial score (nSPS) is 20.6. The summed E-state index contributed by atoms with van der Waals surface area (Å²) in [6, 6.07) is 16.4. The third-order valence-electron chi connectivity index (χ3n) is 4.29. The van der Waals surface area contributed by atoms with E-state index in [0.717, 1.165) is 24.8 Å². The summed E-state index contributed by atoms with van der Waals surface area (Å²) in [6.45, 7) is 0. The summed E-state index contributed by atoms with van der Waals surface area (Å²) in [5, 5.41) is 11.1. The van der Waals surface area contributed by atoms with E-state index in [4.69, 9.17) is 23.2 Å². The van der Waals surface area contributed by atoms with Crippen LogP contribution in [-0.4, -0.2) is 0 Å². The molecule has 2 aromatic rings. The number of hydrogen-bond donors (Lipinski definition) is 0. The summed E-state index contributed by atoms with van der Waals surface area (Å²) in [6.07, 6.45) is 3.24. The van der Waals surface area contributed by atoms with Crippen molar-refractivity contribution in [2.24, 2.45) is 5.41 Å². The van der Waals surface area contributed by atoms with E-state index in [1.807, 2.05) is 12.1 Å². The summed E-state index contributed by atoms with van der Waals surface area (Å²) in [4.78, 5) is 0. The molecule has 21 heavy (non-hydrogen) atoms. The van der Waals surface area contributed by atoms with E-state index < -0.39 is 0 Å². The molecule has 0 amide bonds. The highest BCUT2D eigenvalue weighted by atomic mass is 35.5. The van der Waals surface area contributed by atoms with E-state index in [2.05, 4.69) is 24.3 Å². The Kier molecular flexibility index (Phi) is 3.93. The van der Waals surface area contributed by atoms with E-state index in [1.54, 1.807) is 12.1 Å². The van der Waals surface area contributed by atoms with Crippen LogP contribution in [0.2, 0.25) is 10.0 Å². The largest absolute Gasteiger partial charge is 0.198 e. The van der Waals surface area contributed by atoms with Gasteiger partial charge in [0, 0.05) is 10.0 Å². The monoisotopic (exact) mass is 315 g/mol. The molecule has 0 radical (unpaired) electrons. The van der Waals surface area contributed by atoms with Crippen LogP contribution in [0.3, 0.4) is 0 Å². The van der Waals surface area contributed by atoms with Gasteiger partial charge in [-0.3, -0.25) is 0 Å². The number of rotatable bonds is 2. The van der Waals surface area contributed by atoms with Crippen LogP contribution in [0.15, 0.2) is 42.5 Å². The Hall–Kier alpha value is -1.49. The van der Waals surface area contributed by atoms with Crippen LogP contribution in [-0.2, 0) is 19.3 Å². The molecule has 0 spiro atoms. The molecule has 0 N–H and O–H groups in total. The standard InChI is InChI=1S/C18H15Cl2N/c19-16-5-6-17(20)15(9-16)11-18(12-21)8-7-13-3-1-2-4-14(13)10-18/h1-6,9H,7-8,10-11H2. The van der Waals surface area contributed by atoms with Gasteiger partial charge in [-0.05, 0) is 60.6 Å². The lowest BCUT2D eigenvalue weighted by Gasteiger charge is -2.32. The lowest BCUT2D eigenvalue weighted by molar-refractivity contribution is 0.339. The van der Waals surface area contributed by atoms with Gasteiger partial charge < -0.3 is 0 Å². The Morgan fingerprint density at radius 2 is 1.86 bits per heavy atom. The highest BCUT2D eigenvalue weighted by Crippen LogP contribution is 2.39. The molecule has 0 saturated heterocycles. The van der Waals surface area contributed by atoms with E-state index in [9.17, 15) is 5.26 Å². The Morgan fingerprint density at radius 3 is 2.62 bits per heavy atom. The van der Waals surface area contributed by atoms with E-state index in [1.165, 1.54) is 11.1 Å². The maximum absolute atomic E-state index is 9.76. The van der Waals surface area contributed by atoms with Crippen molar-refractivity contribution in [3.05, 3.63) is 69.2 Å². The van der Waals surface area contributed by atoms with Crippen molar-refractivity contribution in [1.29, 1.82) is 5.26 Å². The highest BCUT2D eigenvalue weighted by Gasteiger charge is 2.35. The van der Waals surface area contributed by atoms with Gasteiger partial charge in [0.2, 0.25) is 0 Å². The molecule has 3 heteroatoms. The summed E-state index contributed by atoms with van der Waals surface area (Å²) < 4.78 is 0. The minimum Gasteiger partial charge on any atom is -0.198 e. The number of aryl methyl sites for hydroxylation is 1. The summed E-state index contributed by atoms with van der Waals surface area (Å²) in [5.74, 6) is 0. The molecule has 0 aliphatic heterocycles. The highest BCUT2D eigenvalue weighted by molar-refractivity contribution is 6.33. The van der Waals surface area contributed by atoms with Gasteiger partial charge in [0.1, 0.15) is 0 Å². The Labute approximate surface area is 135 Å². The van der Waals surface area contributed by atoms with Crippen LogP contribution in [0, 0.1) is 16.7 Å². The fourth-order valence-corrected chi connectivity index (χ4v) is 3.51. The van der Waals surface area contributed by atoms with Gasteiger partial charge >= 0.3 is 0 Å². The fourth-order valence-electron chi connectivity index (χ4n) is 3.13. The van der Waals surface area contributed by atoms with Crippen molar-refractivity contribution in [2.75, 3.05) is 0 Å². The topological polar surface area (TPSA) is 23.8 Å². The van der Waals surface area contributed by atoms with Crippen molar-refractivity contribution >= 4 is 23.2 Å². The maximum Gasteiger partial charge on any atom is 0.0696 e. The molecule has 0 heterocycles. The van der Waals surface area contributed by atoms with Gasteiger partial charge in [0.05, 0.1) is 11.5 Å². The molecule has 1 unspecified atom stereocenters. The first kappa shape index (κ1) is 14.4. The molecule has 0 aromatic heterocycles. The Morgan fingerprint density at radius 1 is 1.10 bits per heavy atom. The lowest BCUT2D eigenvalue weighted by atomic mass is 9.69. The second-order valence-corrected chi connectivity index (χ2v) is 6.59. The minimum atomic E-state index is -0.386. The molecule has 0 fully saturated rings. The second-order valence-electron chi connectivity index (χ2n) is 5.75. The molecule has 0 saturated carbocycles. The van der Waals surface area contributed by atoms with Gasteiger partial charge in [0.25, 0.3) is 0 Å². The van der Waals surface area contributed by atoms with Crippen molar-refractivity contribution in [3.63, 3.8) is 0 Å². The molecular formula is C18H15Cl2N. The second kappa shape index (κ2) is 5.72. The zero-order valence-corrected chi connectivity index (χ0v) is 13.1. The number of nitrogens with zero attached hydrogens (tertiary/aromatic N) is 1. The predicted octanol–water partition coefficient (Wildman–Crippen LogP) is 5.23.